The van der Waals surface area contributed by atoms with Crippen LogP contribution in [-0.2, 0) is 24.2 Å². The first-order chi connectivity index (χ1) is 15.4. The van der Waals surface area contributed by atoms with Gasteiger partial charge in [-0.25, -0.2) is 11.7 Å². The van der Waals surface area contributed by atoms with E-state index < -0.39 is 0 Å². The molecule has 0 unspecified atom stereocenters. The summed E-state index contributed by atoms with van der Waals surface area (Å²) in [4.78, 5) is 8.94. The van der Waals surface area contributed by atoms with Crippen LogP contribution in [0.4, 0.5) is 5.69 Å². The Labute approximate surface area is 194 Å². The molecule has 0 spiro atoms. The molecule has 8 nitrogen and oxygen atoms in total. The number of anilines is 1. The van der Waals surface area contributed by atoms with E-state index in [2.05, 4.69) is 41.8 Å². The lowest BCUT2D eigenvalue weighted by atomic mass is 10.0. The third-order valence-electron chi connectivity index (χ3n) is 4.46. The maximum atomic E-state index is 8.94. The molecule has 0 aliphatic heterocycles. The Balaban J connectivity index is 0.00000118. The van der Waals surface area contributed by atoms with Gasteiger partial charge in [-0.1, -0.05) is 48.9 Å². The maximum Gasteiger partial charge on any atom is 0.221 e. The first-order valence-electron chi connectivity index (χ1n) is 9.94. The number of aryl methyl sites for hydroxylation is 2. The van der Waals surface area contributed by atoms with Gasteiger partial charge in [0.05, 0.1) is 5.69 Å². The van der Waals surface area contributed by atoms with Gasteiger partial charge in [-0.2, -0.15) is 5.10 Å². The van der Waals surface area contributed by atoms with Crippen LogP contribution >= 0.6 is 11.6 Å². The molecule has 2 aromatic rings. The molecule has 32 heavy (non-hydrogen) atoms. The number of halogens is 1. The number of benzene rings is 2. The number of ether oxygens (including phenoxy) is 1. The van der Waals surface area contributed by atoms with Gasteiger partial charge in [-0.3, -0.25) is 10.2 Å². The van der Waals surface area contributed by atoms with Gasteiger partial charge in [0, 0.05) is 19.3 Å². The Kier molecular flexibility index (Phi) is 12.4. The van der Waals surface area contributed by atoms with Crippen molar-refractivity contribution in [1.29, 1.82) is 0 Å². The Morgan fingerprint density at radius 1 is 1.34 bits per heavy atom. The molecule has 172 valence electrons. The lowest BCUT2D eigenvalue weighted by Gasteiger charge is -2.20. The predicted octanol–water partition coefficient (Wildman–Crippen LogP) is 3.40. The van der Waals surface area contributed by atoms with Crippen molar-refractivity contribution in [2.45, 2.75) is 33.3 Å². The summed E-state index contributed by atoms with van der Waals surface area (Å²) in [6.45, 7) is 7.92. The van der Waals surface area contributed by atoms with Crippen molar-refractivity contribution in [2.24, 2.45) is 21.9 Å². The number of nitrogens with two attached hydrogens (primary N) is 2. The van der Waals surface area contributed by atoms with E-state index in [-0.39, 0.29) is 0 Å². The zero-order valence-electron chi connectivity index (χ0n) is 18.7. The Morgan fingerprint density at radius 3 is 2.62 bits per heavy atom. The smallest absolute Gasteiger partial charge is 0.221 e. The summed E-state index contributed by atoms with van der Waals surface area (Å²) in [5.74, 6) is 11.3. The van der Waals surface area contributed by atoms with Crippen molar-refractivity contribution in [3.8, 4) is 5.75 Å². The van der Waals surface area contributed by atoms with Gasteiger partial charge >= 0.3 is 0 Å². The first kappa shape index (κ1) is 26.8. The lowest BCUT2D eigenvalue weighted by Crippen LogP contribution is -2.27. The van der Waals surface area contributed by atoms with Gasteiger partial charge in [0.15, 0.2) is 5.17 Å². The Bertz CT molecular complexity index is 944. The molecule has 2 rings (SSSR count). The zero-order valence-corrected chi connectivity index (χ0v) is 19.5. The number of nitrogens with zero attached hydrogens (tertiary/aromatic N) is 3. The van der Waals surface area contributed by atoms with Crippen molar-refractivity contribution >= 4 is 35.6 Å². The molecule has 0 aliphatic carbocycles. The fraction of sp³-hybridized carbons (Fsp3) is 0.261. The molecule has 2 aromatic carbocycles. The molecule has 0 saturated heterocycles. The van der Waals surface area contributed by atoms with E-state index in [1.54, 1.807) is 16.5 Å². The summed E-state index contributed by atoms with van der Waals surface area (Å²) in [5.41, 5.74) is 7.32. The third-order valence-corrected chi connectivity index (χ3v) is 4.67. The van der Waals surface area contributed by atoms with Crippen LogP contribution in [0.25, 0.3) is 0 Å². The largest absolute Gasteiger partial charge is 0.489 e. The standard InChI is InChI=1S/C22H27ClN4O.CH4N2O/c1-5-18-9-7-10-20(27(4)24)19(18)15-28-21-13-12-17(14-16(21)2)8-6-11-22(23)26-25-3;2-3-1-4/h6-7,9-14H,3,5,8,15,24H2,1-2,4H3;1H,2H2,(H,3,4)/b11-6-,26-22+;. The van der Waals surface area contributed by atoms with E-state index in [1.807, 2.05) is 44.3 Å². The van der Waals surface area contributed by atoms with Crippen molar-refractivity contribution < 1.29 is 9.53 Å². The summed E-state index contributed by atoms with van der Waals surface area (Å²) >= 11 is 5.86. The van der Waals surface area contributed by atoms with Crippen LogP contribution in [0.5, 0.6) is 5.75 Å². The highest BCUT2D eigenvalue weighted by Gasteiger charge is 2.11. The molecular formula is C23H31ClN6O2. The van der Waals surface area contributed by atoms with E-state index in [0.29, 0.717) is 18.2 Å². The topological polar surface area (TPSA) is 118 Å². The highest BCUT2D eigenvalue weighted by Crippen LogP contribution is 2.26. The molecule has 5 N–H and O–H groups in total. The second-order valence-electron chi connectivity index (χ2n) is 6.72. The van der Waals surface area contributed by atoms with Crippen molar-refractivity contribution in [1.82, 2.24) is 5.43 Å². The molecule has 0 aliphatic rings. The number of carbonyl (C=O) groups excluding carboxylic acids is 1. The summed E-state index contributed by atoms with van der Waals surface area (Å²) in [6, 6.07) is 12.3. The quantitative estimate of drug-likeness (QED) is 0.166. The average molecular weight is 459 g/mol. The van der Waals surface area contributed by atoms with Crippen molar-refractivity contribution in [2.75, 3.05) is 12.1 Å². The molecule has 9 heteroatoms. The van der Waals surface area contributed by atoms with Gasteiger partial charge in [0.2, 0.25) is 6.41 Å². The summed E-state index contributed by atoms with van der Waals surface area (Å²) < 4.78 is 6.13. The highest BCUT2D eigenvalue weighted by atomic mass is 35.5. The molecule has 0 bridgehead atoms. The molecule has 0 heterocycles. The molecule has 1 amide bonds. The van der Waals surface area contributed by atoms with Crippen molar-refractivity contribution in [3.63, 3.8) is 0 Å². The van der Waals surface area contributed by atoms with Crippen LogP contribution in [0.2, 0.25) is 0 Å². The lowest BCUT2D eigenvalue weighted by molar-refractivity contribution is -0.109. The van der Waals surface area contributed by atoms with Gasteiger partial charge in [-0.05, 0) is 54.7 Å². The molecular weight excluding hydrogens is 428 g/mol. The zero-order chi connectivity index (χ0) is 23.9. The summed E-state index contributed by atoms with van der Waals surface area (Å²) in [7, 11) is 1.84. The van der Waals surface area contributed by atoms with E-state index in [9.17, 15) is 0 Å². The molecule has 0 fully saturated rings. The Hall–Kier alpha value is -3.20. The summed E-state index contributed by atoms with van der Waals surface area (Å²) in [5, 5.41) is 8.98. The molecule has 0 aromatic heterocycles. The van der Waals surface area contributed by atoms with Gasteiger partial charge in [0.1, 0.15) is 12.4 Å². The Morgan fingerprint density at radius 2 is 2.06 bits per heavy atom. The fourth-order valence-electron chi connectivity index (χ4n) is 2.99. The number of allylic oxidation sites excluding steroid dienone is 2. The number of amides is 1. The normalized spacial score (nSPS) is 10.9. The number of hydrogen-bond donors (Lipinski definition) is 3. The first-order valence-corrected chi connectivity index (χ1v) is 10.3. The number of nitrogens with one attached hydrogen (secondary N) is 1. The number of hydrogen-bond acceptors (Lipinski definition) is 7. The number of rotatable bonds is 10. The van der Waals surface area contributed by atoms with E-state index >= 15 is 0 Å². The fourth-order valence-corrected chi connectivity index (χ4v) is 3.14. The van der Waals surface area contributed by atoms with Gasteiger partial charge in [0.25, 0.3) is 0 Å². The van der Waals surface area contributed by atoms with Gasteiger partial charge in [-0.15, -0.1) is 5.10 Å². The minimum atomic E-state index is 0.307. The second kappa shape index (κ2) is 14.7. The van der Waals surface area contributed by atoms with Crippen molar-refractivity contribution in [3.05, 3.63) is 70.8 Å². The maximum absolute atomic E-state index is 8.94. The highest BCUT2D eigenvalue weighted by molar-refractivity contribution is 6.68. The van der Waals surface area contributed by atoms with Crippen LogP contribution in [0.15, 0.2) is 58.8 Å². The minimum Gasteiger partial charge on any atom is -0.489 e. The number of carbonyl (C=O) groups is 1. The van der Waals surface area contributed by atoms with Crippen LogP contribution in [-0.4, -0.2) is 25.3 Å². The molecule has 0 radical (unpaired) electrons. The van der Waals surface area contributed by atoms with Crippen LogP contribution in [0, 0.1) is 6.92 Å². The van der Waals surface area contributed by atoms with E-state index in [4.69, 9.17) is 27.0 Å². The molecule has 0 atom stereocenters. The second-order valence-corrected chi connectivity index (χ2v) is 7.11. The minimum absolute atomic E-state index is 0.307. The van der Waals surface area contributed by atoms with Crippen LogP contribution < -0.4 is 26.9 Å². The monoisotopic (exact) mass is 458 g/mol. The SMILES string of the molecule is C=N/N=C(Cl)\C=C/Cc1ccc(OCc2c(CC)cccc2N(C)N)c(C)c1.NNC=O. The van der Waals surface area contributed by atoms with Crippen LogP contribution in [0.3, 0.4) is 0 Å². The average Bonchev–Trinajstić information content (AvgIpc) is 2.78. The van der Waals surface area contributed by atoms with Crippen LogP contribution in [0.1, 0.15) is 29.2 Å². The van der Waals surface area contributed by atoms with E-state index in [1.165, 1.54) is 5.56 Å². The van der Waals surface area contributed by atoms with E-state index in [0.717, 1.165) is 41.0 Å². The third kappa shape index (κ3) is 8.89. The predicted molar refractivity (Wildman–Crippen MR) is 133 cm³/mol. The molecule has 0 saturated carbocycles. The summed E-state index contributed by atoms with van der Waals surface area (Å²) in [6.07, 6.45) is 5.72. The van der Waals surface area contributed by atoms with Gasteiger partial charge < -0.3 is 9.75 Å². The number of hydrazine groups is 2.